The molecule has 2 aliphatic rings. The number of imidazole rings is 1. The van der Waals surface area contributed by atoms with Crippen molar-refractivity contribution in [3.63, 3.8) is 0 Å². The first-order valence-corrected chi connectivity index (χ1v) is 11.1. The Morgan fingerprint density at radius 3 is 2.07 bits per heavy atom. The summed E-state index contributed by atoms with van der Waals surface area (Å²) in [7, 11) is 2.19. The summed E-state index contributed by atoms with van der Waals surface area (Å²) >= 11 is 0. The summed E-state index contributed by atoms with van der Waals surface area (Å²) in [5, 5.41) is 2.79. The van der Waals surface area contributed by atoms with Crippen LogP contribution in [0.5, 0.6) is 0 Å². The van der Waals surface area contributed by atoms with Gasteiger partial charge in [0.15, 0.2) is 5.66 Å². The zero-order valence-electron chi connectivity index (χ0n) is 19.1. The molecular formula is C22H37N5O3. The lowest BCUT2D eigenvalue weighted by Crippen LogP contribution is -2.60. The summed E-state index contributed by atoms with van der Waals surface area (Å²) in [6.07, 6.45) is 8.78. The Morgan fingerprint density at radius 2 is 1.57 bits per heavy atom. The number of hydrogen-bond acceptors (Lipinski definition) is 5. The van der Waals surface area contributed by atoms with Crippen LogP contribution in [0.25, 0.3) is 0 Å². The van der Waals surface area contributed by atoms with Crippen LogP contribution < -0.4 is 5.32 Å². The fourth-order valence-electron chi connectivity index (χ4n) is 4.64. The Morgan fingerprint density at radius 1 is 1.00 bits per heavy atom. The lowest BCUT2D eigenvalue weighted by molar-refractivity contribution is -0.143. The van der Waals surface area contributed by atoms with Crippen molar-refractivity contribution < 1.29 is 14.3 Å². The molecular weight excluding hydrogens is 382 g/mol. The number of amides is 2. The van der Waals surface area contributed by atoms with E-state index in [4.69, 9.17) is 4.74 Å². The third kappa shape index (κ3) is 5.33. The van der Waals surface area contributed by atoms with Crippen LogP contribution in [0.4, 0.5) is 4.79 Å². The lowest BCUT2D eigenvalue weighted by Gasteiger charge is -2.42. The molecule has 1 atom stereocenters. The summed E-state index contributed by atoms with van der Waals surface area (Å²) in [5.74, 6) is 1.31. The predicted octanol–water partition coefficient (Wildman–Crippen LogP) is 2.66. The van der Waals surface area contributed by atoms with Crippen LogP contribution in [-0.2, 0) is 15.2 Å². The van der Waals surface area contributed by atoms with E-state index in [-0.39, 0.29) is 5.91 Å². The van der Waals surface area contributed by atoms with Crippen LogP contribution in [0.3, 0.4) is 0 Å². The summed E-state index contributed by atoms with van der Waals surface area (Å²) in [6.45, 7) is 10.9. The van der Waals surface area contributed by atoms with E-state index in [1.165, 1.54) is 25.9 Å². The van der Waals surface area contributed by atoms with Gasteiger partial charge in [0, 0.05) is 25.5 Å². The summed E-state index contributed by atoms with van der Waals surface area (Å²) in [4.78, 5) is 34.4. The molecule has 0 saturated carbocycles. The molecule has 2 amide bonds. The Labute approximate surface area is 179 Å². The van der Waals surface area contributed by atoms with Gasteiger partial charge in [0.25, 0.3) is 5.91 Å². The van der Waals surface area contributed by atoms with Crippen molar-refractivity contribution in [1.82, 2.24) is 24.7 Å². The number of alkyl carbamates (subject to hydrolysis) is 1. The molecule has 1 N–H and O–H groups in total. The first kappa shape index (κ1) is 22.6. The molecule has 1 aromatic rings. The molecule has 0 bridgehead atoms. The predicted molar refractivity (Wildman–Crippen MR) is 115 cm³/mol. The largest absolute Gasteiger partial charge is 0.444 e. The maximum Gasteiger partial charge on any atom is 0.409 e. The van der Waals surface area contributed by atoms with E-state index in [0.717, 1.165) is 31.8 Å². The standard InChI is InChI=1S/C22H37N5O3/c1-21(2,3)30-20(29)24-22(4,27-15-10-23-16-27)19(28)26-13-8-18(9-14-26)17-6-11-25(5)12-7-17/h10,15-18H,6-9,11-14H2,1-5H3,(H,24,29)/t22-/m1/s1. The first-order chi connectivity index (χ1) is 14.1. The van der Waals surface area contributed by atoms with Gasteiger partial charge in [-0.1, -0.05) is 0 Å². The van der Waals surface area contributed by atoms with Crippen molar-refractivity contribution in [2.24, 2.45) is 11.8 Å². The molecule has 8 heteroatoms. The maximum absolute atomic E-state index is 13.5. The molecule has 2 saturated heterocycles. The van der Waals surface area contributed by atoms with Gasteiger partial charge in [0.1, 0.15) is 5.60 Å². The number of carbonyl (C=O) groups is 2. The number of aromatic nitrogens is 2. The van der Waals surface area contributed by atoms with Gasteiger partial charge in [-0.25, -0.2) is 9.78 Å². The average molecular weight is 420 g/mol. The van der Waals surface area contributed by atoms with Gasteiger partial charge >= 0.3 is 6.09 Å². The van der Waals surface area contributed by atoms with Crippen molar-refractivity contribution >= 4 is 12.0 Å². The molecule has 8 nitrogen and oxygen atoms in total. The molecule has 0 aromatic carbocycles. The highest BCUT2D eigenvalue weighted by Crippen LogP contribution is 2.33. The SMILES string of the molecule is CN1CCC(C2CCN(C(=O)[C@](C)(NC(=O)OC(C)(C)C)n3ccnc3)CC2)CC1. The van der Waals surface area contributed by atoms with Crippen molar-refractivity contribution in [3.8, 4) is 0 Å². The number of piperidine rings is 2. The number of likely N-dealkylation sites (tertiary alicyclic amines) is 2. The molecule has 0 spiro atoms. The number of nitrogens with one attached hydrogen (secondary N) is 1. The van der Waals surface area contributed by atoms with Crippen molar-refractivity contribution in [3.05, 3.63) is 18.7 Å². The summed E-state index contributed by atoms with van der Waals surface area (Å²) < 4.78 is 7.06. The van der Waals surface area contributed by atoms with Crippen molar-refractivity contribution in [2.45, 2.75) is 64.6 Å². The highest BCUT2D eigenvalue weighted by molar-refractivity contribution is 5.87. The van der Waals surface area contributed by atoms with Crippen LogP contribution in [0.15, 0.2) is 18.7 Å². The number of hydrogen-bond donors (Lipinski definition) is 1. The van der Waals surface area contributed by atoms with Crippen LogP contribution in [0.1, 0.15) is 53.4 Å². The van der Waals surface area contributed by atoms with E-state index >= 15 is 0 Å². The van der Waals surface area contributed by atoms with E-state index < -0.39 is 17.4 Å². The molecule has 3 rings (SSSR count). The van der Waals surface area contributed by atoms with Crippen LogP contribution in [0.2, 0.25) is 0 Å². The molecule has 30 heavy (non-hydrogen) atoms. The fourth-order valence-corrected chi connectivity index (χ4v) is 4.64. The van der Waals surface area contributed by atoms with Gasteiger partial charge in [-0.3, -0.25) is 10.1 Å². The summed E-state index contributed by atoms with van der Waals surface area (Å²) in [6, 6.07) is 0. The van der Waals surface area contributed by atoms with Crippen molar-refractivity contribution in [2.75, 3.05) is 33.2 Å². The van der Waals surface area contributed by atoms with E-state index in [2.05, 4.69) is 22.2 Å². The van der Waals surface area contributed by atoms with E-state index in [1.807, 2.05) is 4.90 Å². The maximum atomic E-state index is 13.5. The second kappa shape index (κ2) is 8.96. The molecule has 0 aliphatic carbocycles. The second-order valence-electron chi connectivity index (χ2n) is 9.94. The van der Waals surface area contributed by atoms with Crippen molar-refractivity contribution in [1.29, 1.82) is 0 Å². The molecule has 2 fully saturated rings. The average Bonchev–Trinajstić information content (AvgIpc) is 3.22. The second-order valence-corrected chi connectivity index (χ2v) is 9.94. The third-order valence-electron chi connectivity index (χ3n) is 6.44. The zero-order valence-corrected chi connectivity index (χ0v) is 19.1. The quantitative estimate of drug-likeness (QED) is 0.812. The molecule has 168 valence electrons. The van der Waals surface area contributed by atoms with Gasteiger partial charge in [-0.05, 0) is 85.4 Å². The Bertz CT molecular complexity index is 714. The minimum Gasteiger partial charge on any atom is -0.444 e. The Hall–Kier alpha value is -2.09. The van der Waals surface area contributed by atoms with Gasteiger partial charge in [-0.2, -0.15) is 0 Å². The molecule has 1 aromatic heterocycles. The highest BCUT2D eigenvalue weighted by Gasteiger charge is 2.42. The van der Waals surface area contributed by atoms with Crippen LogP contribution in [-0.4, -0.2) is 70.2 Å². The Balaban J connectivity index is 1.66. The topological polar surface area (TPSA) is 79.7 Å². The van der Waals surface area contributed by atoms with Gasteiger partial charge in [-0.15, -0.1) is 0 Å². The van der Waals surface area contributed by atoms with Crippen LogP contribution in [0, 0.1) is 11.8 Å². The summed E-state index contributed by atoms with van der Waals surface area (Å²) in [5.41, 5.74) is -1.92. The van der Waals surface area contributed by atoms with E-state index in [1.54, 1.807) is 51.0 Å². The first-order valence-electron chi connectivity index (χ1n) is 11.1. The number of rotatable bonds is 4. The Kier molecular flexibility index (Phi) is 6.75. The third-order valence-corrected chi connectivity index (χ3v) is 6.44. The lowest BCUT2D eigenvalue weighted by atomic mass is 9.79. The van der Waals surface area contributed by atoms with Crippen LogP contribution >= 0.6 is 0 Å². The monoisotopic (exact) mass is 419 g/mol. The zero-order chi connectivity index (χ0) is 21.9. The number of ether oxygens (including phenoxy) is 1. The smallest absolute Gasteiger partial charge is 0.409 e. The van der Waals surface area contributed by atoms with E-state index in [0.29, 0.717) is 5.92 Å². The van der Waals surface area contributed by atoms with Gasteiger partial charge < -0.3 is 19.1 Å². The van der Waals surface area contributed by atoms with Gasteiger partial charge in [0.05, 0.1) is 6.33 Å². The fraction of sp³-hybridized carbons (Fsp3) is 0.773. The molecule has 2 aliphatic heterocycles. The minimum absolute atomic E-state index is 0.131. The minimum atomic E-state index is -1.28. The van der Waals surface area contributed by atoms with E-state index in [9.17, 15) is 9.59 Å². The highest BCUT2D eigenvalue weighted by atomic mass is 16.6. The number of nitrogens with zero attached hydrogens (tertiary/aromatic N) is 4. The molecule has 0 unspecified atom stereocenters. The molecule has 3 heterocycles. The molecule has 0 radical (unpaired) electrons. The normalized spacial score (nSPS) is 21.8. The number of carbonyl (C=O) groups excluding carboxylic acids is 2. The van der Waals surface area contributed by atoms with Gasteiger partial charge in [0.2, 0.25) is 0 Å².